The number of carbonyl (C=O) groups is 3. The van der Waals surface area contributed by atoms with E-state index in [1.54, 1.807) is 91.0 Å². The Labute approximate surface area is 213 Å². The Kier molecular flexibility index (Phi) is 8.63. The molecular formula is C28H26O9. The molecule has 3 aromatic rings. The van der Waals surface area contributed by atoms with Crippen molar-refractivity contribution in [3.05, 3.63) is 108 Å². The summed E-state index contributed by atoms with van der Waals surface area (Å²) < 4.78 is 27.7. The molecule has 0 amide bonds. The molecule has 0 aromatic heterocycles. The highest BCUT2D eigenvalue weighted by Crippen LogP contribution is 2.28. The SMILES string of the molecule is CO[C@H]1O[C@H](COC(=O)c2ccccc2)[C@@H](OC(=O)c2ccccc2)[C@H](O)[C@H]1OC(=O)c1ccccc1. The van der Waals surface area contributed by atoms with Gasteiger partial charge in [-0.1, -0.05) is 54.6 Å². The van der Waals surface area contributed by atoms with Crippen molar-refractivity contribution < 1.29 is 43.2 Å². The first kappa shape index (κ1) is 26.0. The van der Waals surface area contributed by atoms with Crippen LogP contribution >= 0.6 is 0 Å². The van der Waals surface area contributed by atoms with E-state index >= 15 is 0 Å². The third-order valence-corrected chi connectivity index (χ3v) is 5.74. The third-order valence-electron chi connectivity index (χ3n) is 5.74. The number of hydrogen-bond acceptors (Lipinski definition) is 9. The summed E-state index contributed by atoms with van der Waals surface area (Å²) in [6.45, 7) is -0.364. The molecule has 37 heavy (non-hydrogen) atoms. The van der Waals surface area contributed by atoms with Crippen LogP contribution in [0.1, 0.15) is 31.1 Å². The molecule has 3 aromatic carbocycles. The minimum absolute atomic E-state index is 0.237. The predicted octanol–water partition coefficient (Wildman–Crippen LogP) is 3.03. The number of carbonyl (C=O) groups excluding carboxylic acids is 3. The van der Waals surface area contributed by atoms with E-state index in [0.717, 1.165) is 0 Å². The Balaban J connectivity index is 1.55. The molecule has 1 saturated heterocycles. The molecule has 0 saturated carbocycles. The highest BCUT2D eigenvalue weighted by Gasteiger charge is 2.50. The van der Waals surface area contributed by atoms with Crippen LogP contribution < -0.4 is 0 Å². The van der Waals surface area contributed by atoms with Crippen molar-refractivity contribution >= 4 is 17.9 Å². The van der Waals surface area contributed by atoms with Crippen LogP contribution in [0.2, 0.25) is 0 Å². The van der Waals surface area contributed by atoms with Gasteiger partial charge in [-0.3, -0.25) is 0 Å². The van der Waals surface area contributed by atoms with Gasteiger partial charge in [0.25, 0.3) is 0 Å². The van der Waals surface area contributed by atoms with Crippen LogP contribution in [0.5, 0.6) is 0 Å². The summed E-state index contributed by atoms with van der Waals surface area (Å²) in [5.74, 6) is -2.09. The molecule has 0 unspecified atom stereocenters. The fourth-order valence-electron chi connectivity index (χ4n) is 3.84. The lowest BCUT2D eigenvalue weighted by molar-refractivity contribution is -0.292. The molecule has 0 bridgehead atoms. The molecule has 0 radical (unpaired) electrons. The zero-order valence-corrected chi connectivity index (χ0v) is 20.0. The molecule has 9 nitrogen and oxygen atoms in total. The van der Waals surface area contributed by atoms with Gasteiger partial charge in [-0.15, -0.1) is 0 Å². The van der Waals surface area contributed by atoms with Gasteiger partial charge >= 0.3 is 17.9 Å². The number of methoxy groups -OCH3 is 1. The zero-order valence-electron chi connectivity index (χ0n) is 20.0. The Morgan fingerprint density at radius 1 is 0.703 bits per heavy atom. The fraction of sp³-hybridized carbons (Fsp3) is 0.250. The first-order valence-electron chi connectivity index (χ1n) is 11.6. The molecule has 1 N–H and O–H groups in total. The fourth-order valence-corrected chi connectivity index (χ4v) is 3.84. The largest absolute Gasteiger partial charge is 0.459 e. The molecule has 4 rings (SSSR count). The first-order chi connectivity index (χ1) is 18.0. The normalized spacial score (nSPS) is 23.0. The highest BCUT2D eigenvalue weighted by atomic mass is 16.7. The number of hydrogen-bond donors (Lipinski definition) is 1. The molecule has 0 spiro atoms. The van der Waals surface area contributed by atoms with Gasteiger partial charge in [0, 0.05) is 7.11 Å². The van der Waals surface area contributed by atoms with Crippen LogP contribution in [0.15, 0.2) is 91.0 Å². The van der Waals surface area contributed by atoms with Gasteiger partial charge in [-0.05, 0) is 36.4 Å². The lowest BCUT2D eigenvalue weighted by Gasteiger charge is -2.42. The van der Waals surface area contributed by atoms with Gasteiger partial charge in [-0.2, -0.15) is 0 Å². The predicted molar refractivity (Wildman–Crippen MR) is 130 cm³/mol. The van der Waals surface area contributed by atoms with Gasteiger partial charge < -0.3 is 28.8 Å². The number of aliphatic hydroxyl groups is 1. The van der Waals surface area contributed by atoms with Crippen molar-refractivity contribution in [3.8, 4) is 0 Å². The summed E-state index contributed by atoms with van der Waals surface area (Å²) in [7, 11) is 1.31. The van der Waals surface area contributed by atoms with Gasteiger partial charge in [0.1, 0.15) is 18.8 Å². The summed E-state index contributed by atoms with van der Waals surface area (Å²) in [5, 5.41) is 11.2. The van der Waals surface area contributed by atoms with Crippen molar-refractivity contribution in [3.63, 3.8) is 0 Å². The lowest BCUT2D eigenvalue weighted by atomic mass is 9.98. The van der Waals surface area contributed by atoms with E-state index in [1.807, 2.05) is 0 Å². The van der Waals surface area contributed by atoms with Crippen molar-refractivity contribution in [1.29, 1.82) is 0 Å². The number of benzene rings is 3. The second kappa shape index (κ2) is 12.3. The first-order valence-corrected chi connectivity index (χ1v) is 11.6. The Bertz CT molecular complexity index is 1180. The van der Waals surface area contributed by atoms with E-state index < -0.39 is 48.6 Å². The van der Waals surface area contributed by atoms with Gasteiger partial charge in [0.2, 0.25) is 0 Å². The number of esters is 3. The molecular weight excluding hydrogens is 480 g/mol. The van der Waals surface area contributed by atoms with Crippen molar-refractivity contribution in [2.75, 3.05) is 13.7 Å². The molecule has 1 fully saturated rings. The van der Waals surface area contributed by atoms with Crippen molar-refractivity contribution in [1.82, 2.24) is 0 Å². The lowest BCUT2D eigenvalue weighted by Crippen LogP contribution is -2.61. The number of rotatable bonds is 8. The topological polar surface area (TPSA) is 118 Å². The molecule has 5 atom stereocenters. The third kappa shape index (κ3) is 6.39. The van der Waals surface area contributed by atoms with Gasteiger partial charge in [0.15, 0.2) is 18.5 Å². The number of aliphatic hydroxyl groups excluding tert-OH is 1. The van der Waals surface area contributed by atoms with Crippen LogP contribution in [-0.4, -0.2) is 67.4 Å². The van der Waals surface area contributed by atoms with Crippen LogP contribution in [-0.2, 0) is 23.7 Å². The molecule has 192 valence electrons. The molecule has 9 heteroatoms. The quantitative estimate of drug-likeness (QED) is 0.363. The minimum atomic E-state index is -1.56. The van der Waals surface area contributed by atoms with E-state index in [4.69, 9.17) is 23.7 Å². The highest BCUT2D eigenvalue weighted by molar-refractivity contribution is 5.90. The second-order valence-corrected chi connectivity index (χ2v) is 8.21. The zero-order chi connectivity index (χ0) is 26.2. The minimum Gasteiger partial charge on any atom is -0.459 e. The van der Waals surface area contributed by atoms with E-state index in [2.05, 4.69) is 0 Å². The summed E-state index contributed by atoms with van der Waals surface area (Å²) in [4.78, 5) is 38.0. The Morgan fingerprint density at radius 3 is 1.59 bits per heavy atom. The van der Waals surface area contributed by atoms with Crippen molar-refractivity contribution in [2.24, 2.45) is 0 Å². The molecule has 0 aliphatic carbocycles. The average molecular weight is 507 g/mol. The molecule has 1 aliphatic rings. The maximum atomic E-state index is 12.8. The Hall–Kier alpha value is -4.05. The second-order valence-electron chi connectivity index (χ2n) is 8.21. The van der Waals surface area contributed by atoms with Crippen molar-refractivity contribution in [2.45, 2.75) is 30.7 Å². The van der Waals surface area contributed by atoms with Crippen LogP contribution in [0.4, 0.5) is 0 Å². The van der Waals surface area contributed by atoms with E-state index in [9.17, 15) is 19.5 Å². The standard InChI is InChI=1S/C28H26O9/c1-33-28-24(37-27(32)20-15-9-4-10-16-20)22(29)23(36-26(31)19-13-7-3-8-14-19)21(35-28)17-34-25(30)18-11-5-2-6-12-18/h2-16,21-24,28-29H,17H2,1H3/t21-,22+,23-,24-,28+/m1/s1. The number of ether oxygens (including phenoxy) is 5. The monoisotopic (exact) mass is 506 g/mol. The summed E-state index contributed by atoms with van der Waals surface area (Å²) in [6.07, 6.45) is -6.59. The molecule has 1 heterocycles. The van der Waals surface area contributed by atoms with E-state index in [1.165, 1.54) is 7.11 Å². The van der Waals surface area contributed by atoms with Crippen LogP contribution in [0.25, 0.3) is 0 Å². The van der Waals surface area contributed by atoms with Gasteiger partial charge in [0.05, 0.1) is 16.7 Å². The summed E-state index contributed by atoms with van der Waals surface area (Å²) in [6, 6.07) is 24.7. The van der Waals surface area contributed by atoms with E-state index in [-0.39, 0.29) is 17.7 Å². The smallest absolute Gasteiger partial charge is 0.338 e. The van der Waals surface area contributed by atoms with Crippen LogP contribution in [0, 0.1) is 0 Å². The van der Waals surface area contributed by atoms with Gasteiger partial charge in [-0.25, -0.2) is 14.4 Å². The Morgan fingerprint density at radius 2 is 1.14 bits per heavy atom. The van der Waals surface area contributed by atoms with E-state index in [0.29, 0.717) is 5.56 Å². The maximum absolute atomic E-state index is 12.8. The average Bonchev–Trinajstić information content (AvgIpc) is 2.95. The maximum Gasteiger partial charge on any atom is 0.338 e. The summed E-state index contributed by atoms with van der Waals surface area (Å²) in [5.41, 5.74) is 0.803. The summed E-state index contributed by atoms with van der Waals surface area (Å²) >= 11 is 0. The molecule has 1 aliphatic heterocycles. The van der Waals surface area contributed by atoms with Crippen LogP contribution in [0.3, 0.4) is 0 Å².